The number of rotatable bonds is 5. The van der Waals surface area contributed by atoms with Crippen molar-refractivity contribution in [3.8, 4) is 0 Å². The average molecular weight is 244 g/mol. The summed E-state index contributed by atoms with van der Waals surface area (Å²) in [6.45, 7) is 4.50. The predicted molar refractivity (Wildman–Crippen MR) is 65.8 cm³/mol. The molecule has 0 amide bonds. The van der Waals surface area contributed by atoms with Gasteiger partial charge in [0.1, 0.15) is 0 Å². The fraction of sp³-hybridized carbons (Fsp3) is 0.455. The molecule has 1 aromatic rings. The van der Waals surface area contributed by atoms with Crippen LogP contribution >= 0.6 is 0 Å². The van der Waals surface area contributed by atoms with E-state index in [4.69, 9.17) is 15.4 Å². The fourth-order valence-electron chi connectivity index (χ4n) is 1.09. The second-order valence-electron chi connectivity index (χ2n) is 3.44. The normalized spacial score (nSPS) is 14.8. The van der Waals surface area contributed by atoms with Crippen LogP contribution in [0.5, 0.6) is 0 Å². The zero-order valence-corrected chi connectivity index (χ0v) is 10.7. The van der Waals surface area contributed by atoms with E-state index in [2.05, 4.69) is 6.92 Å². The van der Waals surface area contributed by atoms with E-state index in [-0.39, 0.29) is 0 Å². The Morgan fingerprint density at radius 1 is 1.33 bits per heavy atom. The lowest BCUT2D eigenvalue weighted by Crippen LogP contribution is -2.06. The van der Waals surface area contributed by atoms with Crippen LogP contribution in [-0.4, -0.2) is 10.8 Å². The zero-order valence-electron chi connectivity index (χ0n) is 9.06. The minimum atomic E-state index is -2.72. The molecular formula is C11H16O2S2. The third kappa shape index (κ3) is 3.89. The maximum Gasteiger partial charge on any atom is 0.173 e. The molecule has 1 rings (SSSR count). The van der Waals surface area contributed by atoms with Crippen molar-refractivity contribution in [2.45, 2.75) is 31.6 Å². The molecule has 1 unspecified atom stereocenters. The number of unbranched alkanes of at least 4 members (excludes halogenated alkanes) is 1. The number of hydrogen-bond donors (Lipinski definition) is 0. The van der Waals surface area contributed by atoms with Crippen LogP contribution in [0.25, 0.3) is 0 Å². The highest BCUT2D eigenvalue weighted by atomic mass is 32.8. The molecule has 0 aliphatic heterocycles. The Kier molecular flexibility index (Phi) is 4.70. The summed E-state index contributed by atoms with van der Waals surface area (Å²) in [6.07, 6.45) is 1.90. The first kappa shape index (κ1) is 12.6. The van der Waals surface area contributed by atoms with Crippen molar-refractivity contribution in [3.05, 3.63) is 29.8 Å². The van der Waals surface area contributed by atoms with Crippen LogP contribution in [0.3, 0.4) is 0 Å². The summed E-state index contributed by atoms with van der Waals surface area (Å²) in [5.41, 5.74) is 1.12. The van der Waals surface area contributed by atoms with Crippen molar-refractivity contribution < 1.29 is 8.39 Å². The molecule has 0 aromatic heterocycles. The molecule has 0 aliphatic carbocycles. The van der Waals surface area contributed by atoms with Crippen molar-refractivity contribution in [1.29, 1.82) is 0 Å². The maximum atomic E-state index is 12.0. The van der Waals surface area contributed by atoms with Gasteiger partial charge in [0.05, 0.1) is 11.5 Å². The molecule has 0 saturated heterocycles. The molecule has 4 heteroatoms. The summed E-state index contributed by atoms with van der Waals surface area (Å²) < 4.78 is 17.2. The predicted octanol–water partition coefficient (Wildman–Crippen LogP) is 2.83. The lowest BCUT2D eigenvalue weighted by Gasteiger charge is -2.07. The summed E-state index contributed by atoms with van der Waals surface area (Å²) in [4.78, 5) is 0.596. The largest absolute Gasteiger partial charge is 0.286 e. The minimum Gasteiger partial charge on any atom is -0.286 e. The Bertz CT molecular complexity index is 393. The summed E-state index contributed by atoms with van der Waals surface area (Å²) in [6, 6.07) is 7.34. The Labute approximate surface area is 96.5 Å². The third-order valence-electron chi connectivity index (χ3n) is 2.05. The van der Waals surface area contributed by atoms with Gasteiger partial charge in [0, 0.05) is 11.2 Å². The topological polar surface area (TPSA) is 26.3 Å². The molecule has 15 heavy (non-hydrogen) atoms. The van der Waals surface area contributed by atoms with Gasteiger partial charge in [-0.05, 0) is 25.5 Å². The monoisotopic (exact) mass is 244 g/mol. The van der Waals surface area contributed by atoms with Gasteiger partial charge in [0.15, 0.2) is 8.77 Å². The van der Waals surface area contributed by atoms with Crippen molar-refractivity contribution in [2.75, 3.05) is 6.61 Å². The quantitative estimate of drug-likeness (QED) is 0.745. The standard InChI is InChI=1S/C11H16O2S2/c1-3-4-9-13-15(12,14)11-7-5-10(2)6-8-11/h5-8H,3-4,9H2,1-2H3. The Morgan fingerprint density at radius 3 is 2.47 bits per heavy atom. The van der Waals surface area contributed by atoms with Crippen LogP contribution in [0, 0.1) is 6.92 Å². The maximum absolute atomic E-state index is 12.0. The van der Waals surface area contributed by atoms with Crippen molar-refractivity contribution >= 4 is 20.0 Å². The molecule has 0 aliphatic rings. The molecular weight excluding hydrogens is 228 g/mol. The summed E-state index contributed by atoms with van der Waals surface area (Å²) >= 11 is 4.97. The molecule has 0 spiro atoms. The third-order valence-corrected chi connectivity index (χ3v) is 4.24. The molecule has 0 N–H and O–H groups in total. The van der Waals surface area contributed by atoms with E-state index in [1.54, 1.807) is 12.1 Å². The molecule has 0 radical (unpaired) electrons. The van der Waals surface area contributed by atoms with E-state index in [0.29, 0.717) is 11.5 Å². The van der Waals surface area contributed by atoms with E-state index in [9.17, 15) is 4.21 Å². The molecule has 2 nitrogen and oxygen atoms in total. The first-order chi connectivity index (χ1) is 7.06. The lowest BCUT2D eigenvalue weighted by molar-refractivity contribution is 0.336. The smallest absolute Gasteiger partial charge is 0.173 e. The minimum absolute atomic E-state index is 0.465. The van der Waals surface area contributed by atoms with Gasteiger partial charge in [-0.2, -0.15) is 0 Å². The van der Waals surface area contributed by atoms with Crippen molar-refractivity contribution in [3.63, 3.8) is 0 Å². The summed E-state index contributed by atoms with van der Waals surface area (Å²) in [5.74, 6) is 0. The highest BCUT2D eigenvalue weighted by molar-refractivity contribution is 8.30. The van der Waals surface area contributed by atoms with Gasteiger partial charge in [-0.15, -0.1) is 0 Å². The van der Waals surface area contributed by atoms with Gasteiger partial charge in [0.2, 0.25) is 0 Å². The van der Waals surface area contributed by atoms with Crippen LogP contribution in [0.4, 0.5) is 0 Å². The number of benzene rings is 1. The molecule has 84 valence electrons. The Morgan fingerprint density at radius 2 is 1.93 bits per heavy atom. The van der Waals surface area contributed by atoms with Gasteiger partial charge >= 0.3 is 0 Å². The van der Waals surface area contributed by atoms with Gasteiger partial charge in [-0.3, -0.25) is 4.18 Å². The second-order valence-corrected chi connectivity index (χ2v) is 6.37. The van der Waals surface area contributed by atoms with Gasteiger partial charge in [-0.1, -0.05) is 31.0 Å². The summed E-state index contributed by atoms with van der Waals surface area (Å²) in [5, 5.41) is 0. The van der Waals surface area contributed by atoms with Crippen molar-refractivity contribution in [2.24, 2.45) is 0 Å². The highest BCUT2D eigenvalue weighted by Crippen LogP contribution is 2.14. The van der Waals surface area contributed by atoms with Crippen LogP contribution in [0.15, 0.2) is 29.2 Å². The molecule has 0 bridgehead atoms. The summed E-state index contributed by atoms with van der Waals surface area (Å²) in [7, 11) is -2.72. The van der Waals surface area contributed by atoms with E-state index in [1.807, 2.05) is 19.1 Å². The SMILES string of the molecule is CCCCOS(=O)(=S)c1ccc(C)cc1. The first-order valence-corrected chi connectivity index (χ1v) is 7.43. The van der Waals surface area contributed by atoms with E-state index < -0.39 is 8.77 Å². The van der Waals surface area contributed by atoms with Crippen LogP contribution < -0.4 is 0 Å². The molecule has 0 heterocycles. The molecule has 1 aromatic carbocycles. The van der Waals surface area contributed by atoms with Crippen LogP contribution in [0.1, 0.15) is 25.3 Å². The van der Waals surface area contributed by atoms with Gasteiger partial charge in [0.25, 0.3) is 0 Å². The lowest BCUT2D eigenvalue weighted by atomic mass is 10.2. The van der Waals surface area contributed by atoms with Crippen LogP contribution in [0.2, 0.25) is 0 Å². The van der Waals surface area contributed by atoms with E-state index >= 15 is 0 Å². The van der Waals surface area contributed by atoms with E-state index in [0.717, 1.165) is 18.4 Å². The Balaban J connectivity index is 2.73. The molecule has 1 atom stereocenters. The highest BCUT2D eigenvalue weighted by Gasteiger charge is 2.09. The van der Waals surface area contributed by atoms with Gasteiger partial charge in [-0.25, -0.2) is 4.21 Å². The van der Waals surface area contributed by atoms with Crippen LogP contribution in [-0.2, 0) is 24.1 Å². The first-order valence-electron chi connectivity index (χ1n) is 5.02. The second kappa shape index (κ2) is 5.58. The van der Waals surface area contributed by atoms with Gasteiger partial charge < -0.3 is 0 Å². The molecule has 0 saturated carbocycles. The van der Waals surface area contributed by atoms with E-state index in [1.165, 1.54) is 0 Å². The fourth-order valence-corrected chi connectivity index (χ4v) is 2.57. The average Bonchev–Trinajstić information content (AvgIpc) is 2.18. The molecule has 0 fully saturated rings. The Hall–Kier alpha value is -0.450. The van der Waals surface area contributed by atoms with Crippen molar-refractivity contribution in [1.82, 2.24) is 0 Å². The number of aryl methyl sites for hydroxylation is 1. The zero-order chi connectivity index (χ0) is 11.3. The number of hydrogen-bond acceptors (Lipinski definition) is 3.